The average Bonchev–Trinajstić information content (AvgIpc) is 2.88. The van der Waals surface area contributed by atoms with E-state index in [0.717, 1.165) is 25.4 Å². The molecule has 0 aliphatic rings. The molecule has 0 bridgehead atoms. The van der Waals surface area contributed by atoms with Crippen LogP contribution in [-0.2, 0) is 13.0 Å². The summed E-state index contributed by atoms with van der Waals surface area (Å²) in [7, 11) is 0. The van der Waals surface area contributed by atoms with Crippen LogP contribution in [0.3, 0.4) is 0 Å². The summed E-state index contributed by atoms with van der Waals surface area (Å²) >= 11 is 0. The normalized spacial score (nSPS) is 13.2. The van der Waals surface area contributed by atoms with Crippen molar-refractivity contribution in [3.8, 4) is 0 Å². The number of hydrogen-bond donors (Lipinski definition) is 1. The van der Waals surface area contributed by atoms with Gasteiger partial charge in [-0.15, -0.1) is 0 Å². The molecule has 2 nitrogen and oxygen atoms in total. The van der Waals surface area contributed by atoms with E-state index in [9.17, 15) is 0 Å². The first-order valence-electron chi connectivity index (χ1n) is 8.42. The zero-order valence-corrected chi connectivity index (χ0v) is 14.0. The molecule has 1 heterocycles. The Labute approximate surface area is 129 Å². The number of rotatable bonds is 8. The lowest BCUT2D eigenvalue weighted by atomic mass is 10.0. The first-order chi connectivity index (χ1) is 10.1. The van der Waals surface area contributed by atoms with Crippen molar-refractivity contribution in [1.29, 1.82) is 0 Å². The fourth-order valence-corrected chi connectivity index (χ4v) is 2.93. The molecule has 1 unspecified atom stereocenters. The molecule has 0 saturated heterocycles. The lowest BCUT2D eigenvalue weighted by Gasteiger charge is -2.16. The summed E-state index contributed by atoms with van der Waals surface area (Å²) in [5.74, 6) is 0.801. The van der Waals surface area contributed by atoms with E-state index in [1.807, 2.05) is 0 Å². The van der Waals surface area contributed by atoms with Crippen LogP contribution in [0.2, 0.25) is 0 Å². The Morgan fingerprint density at radius 2 is 1.90 bits per heavy atom. The molecule has 2 rings (SSSR count). The fraction of sp³-hybridized carbons (Fsp3) is 0.579. The number of para-hydroxylation sites is 1. The van der Waals surface area contributed by atoms with Crippen molar-refractivity contribution in [3.05, 3.63) is 36.0 Å². The summed E-state index contributed by atoms with van der Waals surface area (Å²) in [6.45, 7) is 11.2. The van der Waals surface area contributed by atoms with Crippen molar-refractivity contribution in [2.75, 3.05) is 6.54 Å². The SMILES string of the molecule is CCc1cccc2ccn(CCNC(C)CCC(C)C)c12. The second-order valence-electron chi connectivity index (χ2n) is 6.54. The van der Waals surface area contributed by atoms with Gasteiger partial charge in [0.1, 0.15) is 0 Å². The molecule has 0 aliphatic carbocycles. The van der Waals surface area contributed by atoms with Gasteiger partial charge < -0.3 is 9.88 Å². The summed E-state index contributed by atoms with van der Waals surface area (Å²) in [4.78, 5) is 0. The van der Waals surface area contributed by atoms with Gasteiger partial charge >= 0.3 is 0 Å². The van der Waals surface area contributed by atoms with Gasteiger partial charge in [0, 0.05) is 25.3 Å². The minimum absolute atomic E-state index is 0.611. The number of aryl methyl sites for hydroxylation is 1. The molecule has 2 aromatic rings. The van der Waals surface area contributed by atoms with Gasteiger partial charge in [-0.05, 0) is 49.1 Å². The molecule has 1 N–H and O–H groups in total. The quantitative estimate of drug-likeness (QED) is 0.749. The molecule has 0 aliphatic heterocycles. The Morgan fingerprint density at radius 1 is 1.10 bits per heavy atom. The Hall–Kier alpha value is -1.28. The van der Waals surface area contributed by atoms with Crippen LogP contribution in [0.1, 0.15) is 46.1 Å². The van der Waals surface area contributed by atoms with Crippen LogP contribution >= 0.6 is 0 Å². The second-order valence-corrected chi connectivity index (χ2v) is 6.54. The predicted molar refractivity (Wildman–Crippen MR) is 92.9 cm³/mol. The minimum atomic E-state index is 0.611. The first kappa shape index (κ1) is 16.1. The van der Waals surface area contributed by atoms with Crippen LogP contribution in [0, 0.1) is 5.92 Å². The summed E-state index contributed by atoms with van der Waals surface area (Å²) in [6.07, 6.45) is 5.90. The average molecular weight is 286 g/mol. The van der Waals surface area contributed by atoms with Gasteiger partial charge in [0.15, 0.2) is 0 Å². The lowest BCUT2D eigenvalue weighted by Crippen LogP contribution is -2.29. The van der Waals surface area contributed by atoms with Crippen molar-refractivity contribution in [1.82, 2.24) is 9.88 Å². The minimum Gasteiger partial charge on any atom is -0.346 e. The molecular formula is C19H30N2. The largest absolute Gasteiger partial charge is 0.346 e. The molecule has 1 atom stereocenters. The van der Waals surface area contributed by atoms with Gasteiger partial charge in [-0.2, -0.15) is 0 Å². The van der Waals surface area contributed by atoms with Gasteiger partial charge in [-0.25, -0.2) is 0 Å². The van der Waals surface area contributed by atoms with E-state index in [0.29, 0.717) is 6.04 Å². The van der Waals surface area contributed by atoms with Crippen LogP contribution < -0.4 is 5.32 Å². The highest BCUT2D eigenvalue weighted by Crippen LogP contribution is 2.20. The van der Waals surface area contributed by atoms with Crippen LogP contribution in [0.15, 0.2) is 30.5 Å². The molecule has 0 spiro atoms. The molecule has 1 aromatic carbocycles. The molecule has 1 aromatic heterocycles. The summed E-state index contributed by atoms with van der Waals surface area (Å²) in [5.41, 5.74) is 2.86. The third-order valence-electron chi connectivity index (χ3n) is 4.28. The number of benzene rings is 1. The van der Waals surface area contributed by atoms with E-state index in [1.54, 1.807) is 0 Å². The van der Waals surface area contributed by atoms with Crippen LogP contribution in [0.25, 0.3) is 10.9 Å². The van der Waals surface area contributed by atoms with Crippen LogP contribution in [0.4, 0.5) is 0 Å². The van der Waals surface area contributed by atoms with Gasteiger partial charge in [-0.3, -0.25) is 0 Å². The zero-order chi connectivity index (χ0) is 15.2. The van der Waals surface area contributed by atoms with E-state index < -0.39 is 0 Å². The van der Waals surface area contributed by atoms with E-state index in [4.69, 9.17) is 0 Å². The third kappa shape index (κ3) is 4.34. The molecular weight excluding hydrogens is 256 g/mol. The van der Waals surface area contributed by atoms with Crippen molar-refractivity contribution >= 4 is 10.9 Å². The van der Waals surface area contributed by atoms with Crippen LogP contribution in [0.5, 0.6) is 0 Å². The van der Waals surface area contributed by atoms with E-state index in [-0.39, 0.29) is 0 Å². The summed E-state index contributed by atoms with van der Waals surface area (Å²) < 4.78 is 2.40. The highest BCUT2D eigenvalue weighted by Gasteiger charge is 2.06. The first-order valence-corrected chi connectivity index (χ1v) is 8.42. The van der Waals surface area contributed by atoms with Crippen LogP contribution in [-0.4, -0.2) is 17.2 Å². The second kappa shape index (κ2) is 7.65. The lowest BCUT2D eigenvalue weighted by molar-refractivity contribution is 0.443. The van der Waals surface area contributed by atoms with Crippen molar-refractivity contribution in [3.63, 3.8) is 0 Å². The van der Waals surface area contributed by atoms with E-state index in [1.165, 1.54) is 29.3 Å². The van der Waals surface area contributed by atoms with Gasteiger partial charge in [0.25, 0.3) is 0 Å². The maximum Gasteiger partial charge on any atom is 0.0513 e. The molecule has 0 saturated carbocycles. The Balaban J connectivity index is 1.92. The Morgan fingerprint density at radius 3 is 2.62 bits per heavy atom. The molecule has 21 heavy (non-hydrogen) atoms. The van der Waals surface area contributed by atoms with Gasteiger partial charge in [0.05, 0.1) is 5.52 Å². The maximum absolute atomic E-state index is 3.66. The van der Waals surface area contributed by atoms with Crippen molar-refractivity contribution in [2.24, 2.45) is 5.92 Å². The topological polar surface area (TPSA) is 17.0 Å². The third-order valence-corrected chi connectivity index (χ3v) is 4.28. The number of hydrogen-bond acceptors (Lipinski definition) is 1. The molecule has 2 heteroatoms. The highest BCUT2D eigenvalue weighted by molar-refractivity contribution is 5.83. The number of aromatic nitrogens is 1. The van der Waals surface area contributed by atoms with Gasteiger partial charge in [0.2, 0.25) is 0 Å². The smallest absolute Gasteiger partial charge is 0.0513 e. The molecule has 0 radical (unpaired) electrons. The van der Waals surface area contributed by atoms with Gasteiger partial charge in [-0.1, -0.05) is 39.0 Å². The highest BCUT2D eigenvalue weighted by atomic mass is 15.0. The Kier molecular flexibility index (Phi) is 5.86. The van der Waals surface area contributed by atoms with E-state index >= 15 is 0 Å². The van der Waals surface area contributed by atoms with E-state index in [2.05, 4.69) is 68.0 Å². The maximum atomic E-state index is 3.66. The number of fused-ring (bicyclic) bond motifs is 1. The number of nitrogens with one attached hydrogen (secondary N) is 1. The standard InChI is InChI=1S/C19H30N2/c1-5-17-7-6-8-18-11-13-21(19(17)18)14-12-20-16(4)10-9-15(2)3/h6-8,11,13,15-16,20H,5,9-10,12,14H2,1-4H3. The fourth-order valence-electron chi connectivity index (χ4n) is 2.93. The predicted octanol–water partition coefficient (Wildman–Crippen LogP) is 4.62. The summed E-state index contributed by atoms with van der Waals surface area (Å²) in [5, 5.41) is 5.02. The monoisotopic (exact) mass is 286 g/mol. The molecule has 0 fully saturated rings. The summed E-state index contributed by atoms with van der Waals surface area (Å²) in [6, 6.07) is 9.47. The van der Waals surface area contributed by atoms with Crippen molar-refractivity contribution in [2.45, 2.75) is 59.5 Å². The molecule has 116 valence electrons. The van der Waals surface area contributed by atoms with Crippen molar-refractivity contribution < 1.29 is 0 Å². The Bertz CT molecular complexity index is 554. The number of nitrogens with zero attached hydrogens (tertiary/aromatic N) is 1. The molecule has 0 amide bonds. The zero-order valence-electron chi connectivity index (χ0n) is 14.0.